The van der Waals surface area contributed by atoms with Crippen molar-refractivity contribution in [1.82, 2.24) is 0 Å². The molecule has 4 aromatic rings. The highest BCUT2D eigenvalue weighted by Gasteiger charge is 2.34. The van der Waals surface area contributed by atoms with Gasteiger partial charge in [-0.3, -0.25) is 14.5 Å². The van der Waals surface area contributed by atoms with E-state index in [1.54, 1.807) is 48.4 Å². The summed E-state index contributed by atoms with van der Waals surface area (Å²) in [5.74, 6) is 1.07. The zero-order valence-corrected chi connectivity index (χ0v) is 21.7. The van der Waals surface area contributed by atoms with E-state index in [2.05, 4.69) is 10.6 Å². The lowest BCUT2D eigenvalue weighted by atomic mass is 10.0. The van der Waals surface area contributed by atoms with Crippen LogP contribution in [-0.4, -0.2) is 18.9 Å². The molecule has 0 unspecified atom stereocenters. The average molecular weight is 528 g/mol. The van der Waals surface area contributed by atoms with Crippen LogP contribution in [0.25, 0.3) is 0 Å². The van der Waals surface area contributed by atoms with Gasteiger partial charge < -0.3 is 20.1 Å². The number of benzene rings is 4. The third-order valence-electron chi connectivity index (χ3n) is 6.22. The molecule has 8 heteroatoms. The van der Waals surface area contributed by atoms with E-state index in [1.165, 1.54) is 6.92 Å². The van der Waals surface area contributed by atoms with Gasteiger partial charge in [0.2, 0.25) is 5.91 Å². The molecule has 7 nitrogen and oxygen atoms in total. The molecule has 1 atom stereocenters. The summed E-state index contributed by atoms with van der Waals surface area (Å²) >= 11 is 6.13. The number of ether oxygens (including phenoxy) is 2. The van der Waals surface area contributed by atoms with E-state index in [0.717, 1.165) is 22.5 Å². The molecule has 0 saturated heterocycles. The molecule has 38 heavy (non-hydrogen) atoms. The molecule has 0 aliphatic carbocycles. The van der Waals surface area contributed by atoms with Gasteiger partial charge in [0, 0.05) is 34.6 Å². The number of fused-ring (bicyclic) bond motifs is 1. The molecule has 1 aliphatic rings. The van der Waals surface area contributed by atoms with Crippen molar-refractivity contribution in [3.8, 4) is 11.5 Å². The van der Waals surface area contributed by atoms with Gasteiger partial charge in [0.05, 0.1) is 12.7 Å². The lowest BCUT2D eigenvalue weighted by Crippen LogP contribution is -2.43. The summed E-state index contributed by atoms with van der Waals surface area (Å²) in [5, 5.41) is 6.86. The molecule has 0 saturated carbocycles. The van der Waals surface area contributed by atoms with Crippen LogP contribution in [0.15, 0.2) is 91.0 Å². The third-order valence-corrected chi connectivity index (χ3v) is 6.47. The minimum absolute atomic E-state index is 0.112. The standard InChI is InChI=1S/C30H26ClN3O4/c1-19(35)32-23-10-14-25(15-11-23)38-18-21-17-20(7-16-28(21)37-2)29-33-27-6-4-3-5-26(27)30(36)34(29)24-12-8-22(31)9-13-24/h3-17,29,33H,18H2,1-2H3,(H,32,35)/t29-/m1/s1. The van der Waals surface area contributed by atoms with Gasteiger partial charge in [-0.2, -0.15) is 0 Å². The second-order valence-electron chi connectivity index (χ2n) is 8.81. The van der Waals surface area contributed by atoms with Crippen molar-refractivity contribution in [2.75, 3.05) is 22.6 Å². The zero-order chi connectivity index (χ0) is 26.6. The average Bonchev–Trinajstić information content (AvgIpc) is 2.93. The number of anilines is 3. The van der Waals surface area contributed by atoms with Crippen molar-refractivity contribution in [3.63, 3.8) is 0 Å². The van der Waals surface area contributed by atoms with Crippen LogP contribution in [0.4, 0.5) is 17.1 Å². The highest BCUT2D eigenvalue weighted by Crippen LogP contribution is 2.38. The van der Waals surface area contributed by atoms with Gasteiger partial charge in [-0.05, 0) is 78.4 Å². The van der Waals surface area contributed by atoms with Crippen LogP contribution in [-0.2, 0) is 11.4 Å². The number of hydrogen-bond acceptors (Lipinski definition) is 5. The molecule has 5 rings (SSSR count). The molecule has 2 amide bonds. The third kappa shape index (κ3) is 5.28. The highest BCUT2D eigenvalue weighted by molar-refractivity contribution is 6.30. The Kier molecular flexibility index (Phi) is 7.20. The maximum Gasteiger partial charge on any atom is 0.262 e. The molecule has 192 valence electrons. The Balaban J connectivity index is 1.46. The molecule has 2 N–H and O–H groups in total. The number of methoxy groups -OCH3 is 1. The number of para-hydroxylation sites is 1. The first kappa shape index (κ1) is 25.2. The van der Waals surface area contributed by atoms with Crippen LogP contribution in [0.5, 0.6) is 11.5 Å². The normalized spacial score (nSPS) is 14.3. The number of halogens is 1. The van der Waals surface area contributed by atoms with Gasteiger partial charge in [-0.1, -0.05) is 29.8 Å². The number of amides is 2. The molecule has 0 radical (unpaired) electrons. The molecule has 0 spiro atoms. The molecule has 1 aliphatic heterocycles. The number of hydrogen-bond donors (Lipinski definition) is 2. The molecule has 0 aromatic heterocycles. The van der Waals surface area contributed by atoms with E-state index in [-0.39, 0.29) is 18.4 Å². The second kappa shape index (κ2) is 10.9. The summed E-state index contributed by atoms with van der Waals surface area (Å²) in [5.41, 5.74) is 4.46. The van der Waals surface area contributed by atoms with Crippen LogP contribution < -0.4 is 25.0 Å². The number of rotatable bonds is 7. The molecule has 0 fully saturated rings. The van der Waals surface area contributed by atoms with E-state index < -0.39 is 6.17 Å². The quantitative estimate of drug-likeness (QED) is 0.281. The predicted octanol–water partition coefficient (Wildman–Crippen LogP) is 6.66. The summed E-state index contributed by atoms with van der Waals surface area (Å²) in [7, 11) is 1.61. The maximum absolute atomic E-state index is 13.7. The second-order valence-corrected chi connectivity index (χ2v) is 9.25. The van der Waals surface area contributed by atoms with Crippen LogP contribution in [0.1, 0.15) is 34.6 Å². The van der Waals surface area contributed by atoms with E-state index in [4.69, 9.17) is 21.1 Å². The lowest BCUT2D eigenvalue weighted by Gasteiger charge is -2.38. The largest absolute Gasteiger partial charge is 0.496 e. The Morgan fingerprint density at radius 2 is 1.74 bits per heavy atom. The van der Waals surface area contributed by atoms with E-state index >= 15 is 0 Å². The minimum Gasteiger partial charge on any atom is -0.496 e. The van der Waals surface area contributed by atoms with Crippen molar-refractivity contribution in [1.29, 1.82) is 0 Å². The van der Waals surface area contributed by atoms with Gasteiger partial charge in [0.1, 0.15) is 24.3 Å². The molecular formula is C30H26ClN3O4. The minimum atomic E-state index is -0.472. The summed E-state index contributed by atoms with van der Waals surface area (Å²) in [6.45, 7) is 1.71. The lowest BCUT2D eigenvalue weighted by molar-refractivity contribution is -0.114. The van der Waals surface area contributed by atoms with Gasteiger partial charge in [0.15, 0.2) is 0 Å². The summed E-state index contributed by atoms with van der Waals surface area (Å²) in [4.78, 5) is 26.7. The number of nitrogens with one attached hydrogen (secondary N) is 2. The Hall–Kier alpha value is -4.49. The number of carbonyl (C=O) groups excluding carboxylic acids is 2. The number of carbonyl (C=O) groups is 2. The van der Waals surface area contributed by atoms with Crippen molar-refractivity contribution in [2.45, 2.75) is 19.7 Å². The zero-order valence-electron chi connectivity index (χ0n) is 20.9. The molecule has 1 heterocycles. The topological polar surface area (TPSA) is 79.9 Å². The van der Waals surface area contributed by atoms with Gasteiger partial charge >= 0.3 is 0 Å². The molecule has 4 aromatic carbocycles. The van der Waals surface area contributed by atoms with Crippen molar-refractivity contribution >= 4 is 40.5 Å². The first-order chi connectivity index (χ1) is 18.4. The monoisotopic (exact) mass is 527 g/mol. The van der Waals surface area contributed by atoms with E-state index in [1.807, 2.05) is 54.6 Å². The summed E-state index contributed by atoms with van der Waals surface area (Å²) < 4.78 is 11.6. The van der Waals surface area contributed by atoms with Crippen LogP contribution in [0.2, 0.25) is 5.02 Å². The fourth-order valence-corrected chi connectivity index (χ4v) is 4.56. The number of nitrogens with zero attached hydrogens (tertiary/aromatic N) is 1. The SMILES string of the molecule is COc1ccc([C@@H]2Nc3ccccc3C(=O)N2c2ccc(Cl)cc2)cc1COc1ccc(NC(C)=O)cc1. The van der Waals surface area contributed by atoms with Gasteiger partial charge in [-0.15, -0.1) is 0 Å². The van der Waals surface area contributed by atoms with Crippen LogP contribution in [0.3, 0.4) is 0 Å². The maximum atomic E-state index is 13.7. The molecular weight excluding hydrogens is 502 g/mol. The van der Waals surface area contributed by atoms with E-state index in [0.29, 0.717) is 27.8 Å². The Morgan fingerprint density at radius 3 is 2.45 bits per heavy atom. The van der Waals surface area contributed by atoms with Crippen molar-refractivity contribution in [2.24, 2.45) is 0 Å². The van der Waals surface area contributed by atoms with Crippen LogP contribution in [0, 0.1) is 0 Å². The predicted molar refractivity (Wildman–Crippen MR) is 149 cm³/mol. The smallest absolute Gasteiger partial charge is 0.262 e. The highest BCUT2D eigenvalue weighted by atomic mass is 35.5. The fraction of sp³-hybridized carbons (Fsp3) is 0.133. The first-order valence-corrected chi connectivity index (χ1v) is 12.4. The Bertz CT molecular complexity index is 1470. The molecule has 0 bridgehead atoms. The summed E-state index contributed by atoms with van der Waals surface area (Å²) in [6.07, 6.45) is -0.472. The Morgan fingerprint density at radius 1 is 1.00 bits per heavy atom. The van der Waals surface area contributed by atoms with Crippen LogP contribution >= 0.6 is 11.6 Å². The van der Waals surface area contributed by atoms with Gasteiger partial charge in [0.25, 0.3) is 5.91 Å². The summed E-state index contributed by atoms with van der Waals surface area (Å²) in [6, 6.07) is 27.6. The van der Waals surface area contributed by atoms with Crippen molar-refractivity contribution in [3.05, 3.63) is 113 Å². The van der Waals surface area contributed by atoms with E-state index in [9.17, 15) is 9.59 Å². The fourth-order valence-electron chi connectivity index (χ4n) is 4.43. The van der Waals surface area contributed by atoms with Crippen molar-refractivity contribution < 1.29 is 19.1 Å². The first-order valence-electron chi connectivity index (χ1n) is 12.0. The Labute approximate surface area is 225 Å². The van der Waals surface area contributed by atoms with Gasteiger partial charge in [-0.25, -0.2) is 0 Å².